The van der Waals surface area contributed by atoms with Crippen molar-refractivity contribution >= 4 is 18.3 Å². The summed E-state index contributed by atoms with van der Waals surface area (Å²) in [5.41, 5.74) is 0.600. The highest BCUT2D eigenvalue weighted by Crippen LogP contribution is 2.24. The summed E-state index contributed by atoms with van der Waals surface area (Å²) in [6.07, 6.45) is 0.898. The van der Waals surface area contributed by atoms with Gasteiger partial charge in [-0.3, -0.25) is 4.79 Å². The number of amides is 1. The Morgan fingerprint density at radius 1 is 1.45 bits per heavy atom. The Kier molecular flexibility index (Phi) is 6.46. The summed E-state index contributed by atoms with van der Waals surface area (Å²) in [6, 6.07) is 9.53. The van der Waals surface area contributed by atoms with Gasteiger partial charge in [0.25, 0.3) is 0 Å². The number of hydrogen-bond acceptors (Lipinski definition) is 3. The van der Waals surface area contributed by atoms with Crippen LogP contribution in [0.1, 0.15) is 31.4 Å². The van der Waals surface area contributed by atoms with Crippen LogP contribution < -0.4 is 10.6 Å². The third-order valence-corrected chi connectivity index (χ3v) is 3.80. The largest absolute Gasteiger partial charge is 0.388 e. The second kappa shape index (κ2) is 7.62. The average Bonchev–Trinajstić information content (AvgIpc) is 2.88. The third-order valence-electron chi connectivity index (χ3n) is 3.80. The van der Waals surface area contributed by atoms with Crippen LogP contribution in [-0.4, -0.2) is 30.6 Å². The summed E-state index contributed by atoms with van der Waals surface area (Å²) < 4.78 is 0. The van der Waals surface area contributed by atoms with Gasteiger partial charge in [0, 0.05) is 13.1 Å². The highest BCUT2D eigenvalue weighted by atomic mass is 35.5. The lowest BCUT2D eigenvalue weighted by Crippen LogP contribution is -2.41. The lowest BCUT2D eigenvalue weighted by atomic mass is 9.89. The summed E-state index contributed by atoms with van der Waals surface area (Å²) in [5, 5.41) is 16.1. The number of carbonyl (C=O) groups is 1. The van der Waals surface area contributed by atoms with E-state index in [0.717, 1.165) is 25.1 Å². The number of nitrogens with one attached hydrogen (secondary N) is 2. The first kappa shape index (κ1) is 17.0. The van der Waals surface area contributed by atoms with E-state index in [1.807, 2.05) is 37.3 Å². The fourth-order valence-corrected chi connectivity index (χ4v) is 2.39. The minimum Gasteiger partial charge on any atom is -0.388 e. The predicted octanol–water partition coefficient (Wildman–Crippen LogP) is 1.65. The zero-order valence-electron chi connectivity index (χ0n) is 11.8. The summed E-state index contributed by atoms with van der Waals surface area (Å²) in [6.45, 7) is 4.12. The third kappa shape index (κ3) is 4.20. The smallest absolute Gasteiger partial charge is 0.227 e. The Hall–Kier alpha value is -1.10. The molecule has 0 aliphatic carbocycles. The van der Waals surface area contributed by atoms with Gasteiger partial charge in [-0.05, 0) is 31.9 Å². The molecule has 1 aromatic rings. The molecule has 1 amide bonds. The van der Waals surface area contributed by atoms with Gasteiger partial charge in [0.15, 0.2) is 0 Å². The van der Waals surface area contributed by atoms with Crippen LogP contribution in [0.15, 0.2) is 30.3 Å². The summed E-state index contributed by atoms with van der Waals surface area (Å²) in [7, 11) is 0. The Balaban J connectivity index is 0.00000200. The van der Waals surface area contributed by atoms with Crippen LogP contribution in [0.3, 0.4) is 0 Å². The molecular weight excluding hydrogens is 276 g/mol. The average molecular weight is 299 g/mol. The minimum absolute atomic E-state index is 0. The van der Waals surface area contributed by atoms with E-state index in [4.69, 9.17) is 0 Å². The second-order valence-corrected chi connectivity index (χ2v) is 5.46. The van der Waals surface area contributed by atoms with Crippen LogP contribution in [0.2, 0.25) is 0 Å². The van der Waals surface area contributed by atoms with E-state index in [1.165, 1.54) is 0 Å². The first-order valence-corrected chi connectivity index (χ1v) is 6.84. The maximum absolute atomic E-state index is 12.1. The molecule has 1 aliphatic heterocycles. The van der Waals surface area contributed by atoms with Gasteiger partial charge in [-0.15, -0.1) is 12.4 Å². The fourth-order valence-electron chi connectivity index (χ4n) is 2.39. The monoisotopic (exact) mass is 298 g/mol. The topological polar surface area (TPSA) is 61.4 Å². The summed E-state index contributed by atoms with van der Waals surface area (Å²) >= 11 is 0. The van der Waals surface area contributed by atoms with Crippen molar-refractivity contribution in [3.63, 3.8) is 0 Å². The number of aliphatic hydroxyl groups excluding tert-OH is 1. The quantitative estimate of drug-likeness (QED) is 0.774. The van der Waals surface area contributed by atoms with Gasteiger partial charge in [0.2, 0.25) is 5.91 Å². The SMILES string of the molecule is CC1(C(=O)NCCC(O)c2ccccc2)CCNC1.Cl. The number of rotatable bonds is 5. The lowest BCUT2D eigenvalue weighted by Gasteiger charge is -2.22. The van der Waals surface area contributed by atoms with Crippen molar-refractivity contribution < 1.29 is 9.90 Å². The molecule has 1 aliphatic rings. The standard InChI is InChI=1S/C15H22N2O2.ClH/c1-15(8-10-16-11-15)14(19)17-9-7-13(18)12-5-3-2-4-6-12;/h2-6,13,16,18H,7-11H2,1H3,(H,17,19);1H. The molecule has 0 saturated carbocycles. The first-order valence-electron chi connectivity index (χ1n) is 6.84. The Labute approximate surface area is 126 Å². The van der Waals surface area contributed by atoms with Crippen LogP contribution in [0.5, 0.6) is 0 Å². The number of hydrogen-bond donors (Lipinski definition) is 3. The van der Waals surface area contributed by atoms with E-state index in [1.54, 1.807) is 0 Å². The van der Waals surface area contributed by atoms with Crippen molar-refractivity contribution in [2.75, 3.05) is 19.6 Å². The maximum atomic E-state index is 12.1. The normalized spacial score (nSPS) is 22.9. The van der Waals surface area contributed by atoms with Crippen LogP contribution in [0.25, 0.3) is 0 Å². The van der Waals surface area contributed by atoms with E-state index in [9.17, 15) is 9.90 Å². The molecule has 1 saturated heterocycles. The van der Waals surface area contributed by atoms with Crippen LogP contribution in [-0.2, 0) is 4.79 Å². The zero-order valence-corrected chi connectivity index (χ0v) is 12.6. The summed E-state index contributed by atoms with van der Waals surface area (Å²) in [4.78, 5) is 12.1. The van der Waals surface area contributed by atoms with Crippen LogP contribution in [0.4, 0.5) is 0 Å². The molecule has 0 radical (unpaired) electrons. The van der Waals surface area contributed by atoms with Crippen LogP contribution in [0, 0.1) is 5.41 Å². The molecule has 2 rings (SSSR count). The van der Waals surface area contributed by atoms with Gasteiger partial charge < -0.3 is 15.7 Å². The minimum atomic E-state index is -0.518. The van der Waals surface area contributed by atoms with Gasteiger partial charge in [0.05, 0.1) is 11.5 Å². The molecule has 1 heterocycles. The maximum Gasteiger partial charge on any atom is 0.227 e. The molecule has 0 bridgehead atoms. The number of halogens is 1. The molecule has 2 unspecified atom stereocenters. The first-order chi connectivity index (χ1) is 9.12. The Morgan fingerprint density at radius 2 is 2.15 bits per heavy atom. The predicted molar refractivity (Wildman–Crippen MR) is 81.9 cm³/mol. The van der Waals surface area contributed by atoms with Crippen molar-refractivity contribution in [3.8, 4) is 0 Å². The molecule has 0 aromatic heterocycles. The number of carbonyl (C=O) groups excluding carboxylic acids is 1. The molecular formula is C15H23ClN2O2. The van der Waals surface area contributed by atoms with E-state index in [0.29, 0.717) is 13.0 Å². The number of benzene rings is 1. The highest BCUT2D eigenvalue weighted by Gasteiger charge is 2.35. The highest BCUT2D eigenvalue weighted by molar-refractivity contribution is 5.85. The molecule has 20 heavy (non-hydrogen) atoms. The zero-order chi connectivity index (χ0) is 13.7. The molecule has 112 valence electrons. The van der Waals surface area contributed by atoms with Crippen molar-refractivity contribution in [2.45, 2.75) is 25.9 Å². The Morgan fingerprint density at radius 3 is 2.75 bits per heavy atom. The second-order valence-electron chi connectivity index (χ2n) is 5.46. The van der Waals surface area contributed by atoms with Gasteiger partial charge in [-0.1, -0.05) is 30.3 Å². The summed E-state index contributed by atoms with van der Waals surface area (Å²) in [5.74, 6) is 0.0813. The van der Waals surface area contributed by atoms with Crippen molar-refractivity contribution in [1.29, 1.82) is 0 Å². The van der Waals surface area contributed by atoms with Crippen molar-refractivity contribution in [1.82, 2.24) is 10.6 Å². The molecule has 4 nitrogen and oxygen atoms in total. The van der Waals surface area contributed by atoms with E-state index < -0.39 is 6.10 Å². The molecule has 0 spiro atoms. The van der Waals surface area contributed by atoms with E-state index in [2.05, 4.69) is 10.6 Å². The molecule has 1 fully saturated rings. The molecule has 3 N–H and O–H groups in total. The van der Waals surface area contributed by atoms with Crippen molar-refractivity contribution in [2.24, 2.45) is 5.41 Å². The fraction of sp³-hybridized carbons (Fsp3) is 0.533. The lowest BCUT2D eigenvalue weighted by molar-refractivity contribution is -0.129. The van der Waals surface area contributed by atoms with Gasteiger partial charge in [-0.25, -0.2) is 0 Å². The number of aliphatic hydroxyl groups is 1. The van der Waals surface area contributed by atoms with E-state index in [-0.39, 0.29) is 23.7 Å². The van der Waals surface area contributed by atoms with Crippen LogP contribution >= 0.6 is 12.4 Å². The molecule has 1 aromatic carbocycles. The Bertz CT molecular complexity index is 419. The van der Waals surface area contributed by atoms with E-state index >= 15 is 0 Å². The van der Waals surface area contributed by atoms with Gasteiger partial charge in [-0.2, -0.15) is 0 Å². The van der Waals surface area contributed by atoms with Gasteiger partial charge in [0.1, 0.15) is 0 Å². The molecule has 5 heteroatoms. The van der Waals surface area contributed by atoms with Gasteiger partial charge >= 0.3 is 0 Å². The van der Waals surface area contributed by atoms with Crippen molar-refractivity contribution in [3.05, 3.63) is 35.9 Å². The molecule has 2 atom stereocenters.